The number of carbonyl (C=O) groups excluding carboxylic acids is 4. The van der Waals surface area contributed by atoms with Gasteiger partial charge in [0.05, 0.1) is 30.9 Å². The fraction of sp³-hybridized carbons (Fsp3) is 0.393. The predicted octanol–water partition coefficient (Wildman–Crippen LogP) is 0.673. The van der Waals surface area contributed by atoms with Gasteiger partial charge in [0.1, 0.15) is 30.5 Å². The maximum atomic E-state index is 14.6. The van der Waals surface area contributed by atoms with Crippen molar-refractivity contribution in [1.82, 2.24) is 30.2 Å². The molecule has 1 aliphatic carbocycles. The van der Waals surface area contributed by atoms with Gasteiger partial charge < -0.3 is 16.0 Å². The number of hydrazone groups is 1. The fourth-order valence-corrected chi connectivity index (χ4v) is 5.97. The number of halogens is 1. The first kappa shape index (κ1) is 27.3. The number of aromatic nitrogens is 4. The van der Waals surface area contributed by atoms with Gasteiger partial charge >= 0.3 is 0 Å². The highest BCUT2D eigenvalue weighted by Gasteiger charge is 2.46. The van der Waals surface area contributed by atoms with E-state index < -0.39 is 29.9 Å². The number of amides is 3. The van der Waals surface area contributed by atoms with Gasteiger partial charge in [0.25, 0.3) is 5.91 Å². The summed E-state index contributed by atoms with van der Waals surface area (Å²) in [6, 6.07) is 5.94. The molecule has 216 valence electrons. The summed E-state index contributed by atoms with van der Waals surface area (Å²) in [6.45, 7) is 1.26. The van der Waals surface area contributed by atoms with Gasteiger partial charge in [-0.25, -0.2) is 4.39 Å². The second-order valence-corrected chi connectivity index (χ2v) is 11.0. The number of nitrogens with two attached hydrogens (primary N) is 1. The topological polar surface area (TPSA) is 169 Å². The minimum absolute atomic E-state index is 0.0173. The zero-order valence-electron chi connectivity index (χ0n) is 23.0. The quantitative estimate of drug-likeness (QED) is 0.422. The Morgan fingerprint density at radius 2 is 1.98 bits per heavy atom. The Labute approximate surface area is 239 Å². The molecule has 0 spiro atoms. The number of nitrogens with zero attached hydrogens (tertiary/aromatic N) is 7. The number of Topliss-reactive ketones (excluding diaryl/α,β-unsaturated/α-hetero) is 1. The lowest BCUT2D eigenvalue weighted by atomic mass is 9.79. The van der Waals surface area contributed by atoms with Gasteiger partial charge in [0.2, 0.25) is 17.5 Å². The minimum Gasteiger partial charge on any atom is -0.364 e. The molecule has 42 heavy (non-hydrogen) atoms. The molecule has 2 aliphatic heterocycles. The number of alkyl halides is 1. The van der Waals surface area contributed by atoms with E-state index in [2.05, 4.69) is 25.7 Å². The van der Waals surface area contributed by atoms with Crippen molar-refractivity contribution >= 4 is 46.0 Å². The minimum atomic E-state index is -1.39. The largest absolute Gasteiger partial charge is 0.364 e. The summed E-state index contributed by atoms with van der Waals surface area (Å²) in [5, 5.41) is 19.6. The van der Waals surface area contributed by atoms with Crippen LogP contribution in [0.25, 0.3) is 22.0 Å². The Kier molecular flexibility index (Phi) is 6.83. The van der Waals surface area contributed by atoms with Crippen molar-refractivity contribution < 1.29 is 28.3 Å². The monoisotopic (exact) mass is 574 g/mol. The second kappa shape index (κ2) is 10.5. The number of nitrogens with one attached hydrogen (secondary N) is 1. The maximum absolute atomic E-state index is 14.6. The molecule has 4 heterocycles. The van der Waals surface area contributed by atoms with Crippen LogP contribution < -0.4 is 11.1 Å². The van der Waals surface area contributed by atoms with Crippen molar-refractivity contribution in [3.05, 3.63) is 42.4 Å². The van der Waals surface area contributed by atoms with Crippen molar-refractivity contribution in [2.45, 2.75) is 44.9 Å². The van der Waals surface area contributed by atoms with E-state index in [1.165, 1.54) is 9.58 Å². The van der Waals surface area contributed by atoms with Gasteiger partial charge in [-0.3, -0.25) is 23.9 Å². The summed E-state index contributed by atoms with van der Waals surface area (Å²) in [5.74, 6) is -1.70. The molecule has 3 aliphatic rings. The standard InChI is InChI=1S/C28H28FN9O4/c1-14-7-19-21(10-23(14)39)36(2)35-27(19)33-28(42)22-9-17(29)12-37(22)24(40)13-38-20-4-3-15(16-5-6-31-32-11-16)8-18(20)25(34-38)26(30)41/h3-6,8,11,14,17,19,22H,7,9-10,12-13H2,1-2H3,(H2-,30,33,35,41,42)/p+1. The van der Waals surface area contributed by atoms with Crippen LogP contribution in [0.2, 0.25) is 0 Å². The molecule has 3 N–H and O–H groups in total. The third kappa shape index (κ3) is 4.82. The van der Waals surface area contributed by atoms with Crippen molar-refractivity contribution in [2.24, 2.45) is 22.7 Å². The molecule has 2 fully saturated rings. The lowest BCUT2D eigenvalue weighted by Crippen LogP contribution is -2.50. The van der Waals surface area contributed by atoms with Crippen LogP contribution in [-0.2, 0) is 20.9 Å². The molecule has 1 aromatic carbocycles. The zero-order valence-corrected chi connectivity index (χ0v) is 23.0. The number of hydrogen-bond donors (Lipinski definition) is 2. The summed E-state index contributed by atoms with van der Waals surface area (Å²) in [6.07, 6.45) is 2.35. The molecule has 0 bridgehead atoms. The van der Waals surface area contributed by atoms with E-state index in [1.54, 1.807) is 48.4 Å². The van der Waals surface area contributed by atoms with Crippen molar-refractivity contribution in [3.8, 4) is 11.1 Å². The van der Waals surface area contributed by atoms with Crippen molar-refractivity contribution in [3.63, 3.8) is 0 Å². The van der Waals surface area contributed by atoms with Gasteiger partial charge in [-0.05, 0) is 30.2 Å². The number of hydrogen-bond acceptors (Lipinski definition) is 8. The molecule has 0 radical (unpaired) electrons. The maximum Gasteiger partial charge on any atom is 0.269 e. The Balaban J connectivity index is 1.22. The van der Waals surface area contributed by atoms with E-state index in [0.29, 0.717) is 23.2 Å². The van der Waals surface area contributed by atoms with Crippen LogP contribution in [0.15, 0.2) is 41.8 Å². The molecule has 3 aromatic rings. The number of carbonyl (C=O) groups is 4. The molecular weight excluding hydrogens is 545 g/mol. The second-order valence-electron chi connectivity index (χ2n) is 11.0. The summed E-state index contributed by atoms with van der Waals surface area (Å²) < 4.78 is 17.6. The molecule has 13 nitrogen and oxygen atoms in total. The molecule has 4 atom stereocenters. The van der Waals surface area contributed by atoms with Gasteiger partial charge in [0.15, 0.2) is 18.6 Å². The van der Waals surface area contributed by atoms with E-state index in [-0.39, 0.29) is 49.2 Å². The SMILES string of the molecule is CC1CC2C(NC(=O)C3CC(F)CN3C(=O)Cn3nc(C(N)=O)c4cc(-c5ccnnc5)ccc43)=N[N+](C)=C2CC1=O. The number of fused-ring (bicyclic) bond motifs is 2. The molecule has 3 amide bonds. The van der Waals surface area contributed by atoms with Crippen LogP contribution in [0.4, 0.5) is 4.39 Å². The zero-order chi connectivity index (χ0) is 29.7. The molecule has 1 saturated heterocycles. The van der Waals surface area contributed by atoms with Crippen molar-refractivity contribution in [2.75, 3.05) is 13.6 Å². The van der Waals surface area contributed by atoms with Gasteiger partial charge in [-0.15, -0.1) is 0 Å². The normalized spacial score (nSPS) is 23.7. The average molecular weight is 575 g/mol. The molecular formula is C28H29FN9O4+. The van der Waals surface area contributed by atoms with Gasteiger partial charge in [-0.2, -0.15) is 15.3 Å². The Bertz CT molecular complexity index is 1700. The molecule has 4 unspecified atom stereocenters. The predicted molar refractivity (Wildman–Crippen MR) is 148 cm³/mol. The number of likely N-dealkylation sites (tertiary alicyclic amines) is 1. The average Bonchev–Trinajstić information content (AvgIpc) is 3.63. The van der Waals surface area contributed by atoms with Crippen LogP contribution in [0.1, 0.15) is 36.7 Å². The van der Waals surface area contributed by atoms with Gasteiger partial charge in [0, 0.05) is 28.4 Å². The molecule has 2 aromatic heterocycles. The third-order valence-corrected chi connectivity index (χ3v) is 8.21. The summed E-state index contributed by atoms with van der Waals surface area (Å²) in [7, 11) is 1.72. The van der Waals surface area contributed by atoms with Gasteiger partial charge in [-0.1, -0.05) is 17.7 Å². The molecule has 6 rings (SSSR count). The third-order valence-electron chi connectivity index (χ3n) is 8.21. The summed E-state index contributed by atoms with van der Waals surface area (Å²) in [5.41, 5.74) is 8.39. The number of benzene rings is 1. The Morgan fingerprint density at radius 3 is 2.71 bits per heavy atom. The first-order chi connectivity index (χ1) is 20.1. The highest BCUT2D eigenvalue weighted by atomic mass is 19.1. The highest BCUT2D eigenvalue weighted by molar-refractivity contribution is 6.18. The summed E-state index contributed by atoms with van der Waals surface area (Å²) in [4.78, 5) is 52.5. The van der Waals surface area contributed by atoms with E-state index in [1.807, 2.05) is 6.92 Å². The number of primary amides is 1. The van der Waals surface area contributed by atoms with E-state index in [9.17, 15) is 23.6 Å². The highest BCUT2D eigenvalue weighted by Crippen LogP contribution is 2.30. The summed E-state index contributed by atoms with van der Waals surface area (Å²) >= 11 is 0. The number of amidine groups is 1. The van der Waals surface area contributed by atoms with E-state index >= 15 is 0 Å². The first-order valence-electron chi connectivity index (χ1n) is 13.6. The van der Waals surface area contributed by atoms with Crippen molar-refractivity contribution in [1.29, 1.82) is 0 Å². The van der Waals surface area contributed by atoms with E-state index in [0.717, 1.165) is 16.8 Å². The molecule has 14 heteroatoms. The number of ketones is 1. The fourth-order valence-electron chi connectivity index (χ4n) is 5.97. The first-order valence-corrected chi connectivity index (χ1v) is 13.6. The smallest absolute Gasteiger partial charge is 0.269 e. The lowest BCUT2D eigenvalue weighted by molar-refractivity contribution is -0.501. The van der Waals surface area contributed by atoms with Crippen LogP contribution in [0, 0.1) is 11.8 Å². The van der Waals surface area contributed by atoms with Crippen LogP contribution in [-0.4, -0.2) is 90.4 Å². The number of rotatable bonds is 5. The molecule has 1 saturated carbocycles. The lowest BCUT2D eigenvalue weighted by Gasteiger charge is -2.25. The van der Waals surface area contributed by atoms with Crippen LogP contribution in [0.5, 0.6) is 0 Å². The Hall–Kier alpha value is -4.88. The van der Waals surface area contributed by atoms with Crippen LogP contribution in [0.3, 0.4) is 0 Å². The van der Waals surface area contributed by atoms with E-state index in [4.69, 9.17) is 5.73 Å². The Morgan fingerprint density at radius 1 is 1.17 bits per heavy atom. The van der Waals surface area contributed by atoms with Crippen LogP contribution >= 0.6 is 0 Å².